The van der Waals surface area contributed by atoms with Crippen molar-refractivity contribution in [3.05, 3.63) is 58.9 Å². The van der Waals surface area contributed by atoms with Crippen molar-refractivity contribution in [2.45, 2.75) is 6.54 Å². The zero-order chi connectivity index (χ0) is 17.8. The lowest BCUT2D eigenvalue weighted by molar-refractivity contribution is 0.0950. The SMILES string of the molecule is COc1ccc(C(=O)NCc2nccc(Cl)c2F)cc1-n1cnnn1. The molecule has 2 aromatic heterocycles. The zero-order valence-corrected chi connectivity index (χ0v) is 13.7. The Morgan fingerprint density at radius 2 is 2.24 bits per heavy atom. The van der Waals surface area contributed by atoms with Crippen molar-refractivity contribution in [1.29, 1.82) is 0 Å². The highest BCUT2D eigenvalue weighted by molar-refractivity contribution is 6.30. The molecule has 0 aliphatic heterocycles. The highest BCUT2D eigenvalue weighted by atomic mass is 35.5. The first-order valence-corrected chi connectivity index (χ1v) is 7.46. The van der Waals surface area contributed by atoms with E-state index in [1.807, 2.05) is 0 Å². The molecule has 0 saturated carbocycles. The van der Waals surface area contributed by atoms with E-state index < -0.39 is 11.7 Å². The summed E-state index contributed by atoms with van der Waals surface area (Å²) in [7, 11) is 1.50. The number of tetrazole rings is 1. The number of nitrogens with zero attached hydrogens (tertiary/aromatic N) is 5. The molecular weight excluding hydrogens is 351 g/mol. The van der Waals surface area contributed by atoms with E-state index in [1.54, 1.807) is 18.2 Å². The molecule has 1 N–H and O–H groups in total. The van der Waals surface area contributed by atoms with Crippen molar-refractivity contribution < 1.29 is 13.9 Å². The summed E-state index contributed by atoms with van der Waals surface area (Å²) in [6.45, 7) is -0.0997. The molecule has 0 saturated heterocycles. The Kier molecular flexibility index (Phi) is 4.85. The van der Waals surface area contributed by atoms with Crippen LogP contribution in [0.2, 0.25) is 5.02 Å². The van der Waals surface area contributed by atoms with Gasteiger partial charge in [0.1, 0.15) is 17.8 Å². The quantitative estimate of drug-likeness (QED) is 0.743. The van der Waals surface area contributed by atoms with Crippen LogP contribution in [0.4, 0.5) is 4.39 Å². The summed E-state index contributed by atoms with van der Waals surface area (Å²) >= 11 is 5.69. The number of hydrogen-bond donors (Lipinski definition) is 1. The Morgan fingerprint density at radius 1 is 1.40 bits per heavy atom. The number of aromatic nitrogens is 5. The molecule has 1 aromatic carbocycles. The van der Waals surface area contributed by atoms with Crippen LogP contribution in [0, 0.1) is 5.82 Å². The van der Waals surface area contributed by atoms with E-state index in [1.165, 1.54) is 30.4 Å². The topological polar surface area (TPSA) is 94.8 Å². The van der Waals surface area contributed by atoms with E-state index in [4.69, 9.17) is 16.3 Å². The Balaban J connectivity index is 1.80. The molecule has 0 bridgehead atoms. The number of halogens is 2. The second-order valence-corrected chi connectivity index (χ2v) is 5.28. The van der Waals surface area contributed by atoms with Crippen LogP contribution in [0.25, 0.3) is 5.69 Å². The first kappa shape index (κ1) is 16.8. The van der Waals surface area contributed by atoms with Gasteiger partial charge in [0.05, 0.1) is 24.4 Å². The van der Waals surface area contributed by atoms with Crippen LogP contribution >= 0.6 is 11.6 Å². The van der Waals surface area contributed by atoms with Crippen LogP contribution in [0.15, 0.2) is 36.8 Å². The van der Waals surface area contributed by atoms with E-state index in [9.17, 15) is 9.18 Å². The number of benzene rings is 1. The second kappa shape index (κ2) is 7.22. The van der Waals surface area contributed by atoms with Gasteiger partial charge in [-0.05, 0) is 34.7 Å². The maximum atomic E-state index is 13.8. The van der Waals surface area contributed by atoms with Crippen molar-refractivity contribution in [2.24, 2.45) is 0 Å². The molecular formula is C15H12ClFN6O2. The fourth-order valence-corrected chi connectivity index (χ4v) is 2.30. The van der Waals surface area contributed by atoms with Crippen LogP contribution in [-0.4, -0.2) is 38.2 Å². The average molecular weight is 363 g/mol. The van der Waals surface area contributed by atoms with Crippen molar-refractivity contribution in [3.8, 4) is 11.4 Å². The van der Waals surface area contributed by atoms with Crippen LogP contribution in [0.5, 0.6) is 5.75 Å². The predicted molar refractivity (Wildman–Crippen MR) is 86.1 cm³/mol. The van der Waals surface area contributed by atoms with Gasteiger partial charge in [0, 0.05) is 11.8 Å². The van der Waals surface area contributed by atoms with Crippen LogP contribution < -0.4 is 10.1 Å². The number of carbonyl (C=O) groups excluding carboxylic acids is 1. The number of pyridine rings is 1. The van der Waals surface area contributed by atoms with Gasteiger partial charge >= 0.3 is 0 Å². The molecule has 0 spiro atoms. The number of amides is 1. The van der Waals surface area contributed by atoms with Gasteiger partial charge in [-0.3, -0.25) is 9.78 Å². The highest BCUT2D eigenvalue weighted by Crippen LogP contribution is 2.23. The number of methoxy groups -OCH3 is 1. The zero-order valence-electron chi connectivity index (χ0n) is 13.0. The molecule has 8 nitrogen and oxygen atoms in total. The molecule has 0 fully saturated rings. The lowest BCUT2D eigenvalue weighted by Gasteiger charge is -2.10. The molecule has 0 unspecified atom stereocenters. The number of hydrogen-bond acceptors (Lipinski definition) is 6. The van der Waals surface area contributed by atoms with E-state index in [0.717, 1.165) is 0 Å². The second-order valence-electron chi connectivity index (χ2n) is 4.88. The monoisotopic (exact) mass is 362 g/mol. The lowest BCUT2D eigenvalue weighted by atomic mass is 10.1. The summed E-state index contributed by atoms with van der Waals surface area (Å²) < 4.78 is 20.4. The summed E-state index contributed by atoms with van der Waals surface area (Å²) in [5, 5.41) is 13.4. The van der Waals surface area contributed by atoms with Crippen LogP contribution in [0.1, 0.15) is 16.1 Å². The summed E-state index contributed by atoms with van der Waals surface area (Å²) in [6, 6.07) is 6.09. The molecule has 0 aliphatic carbocycles. The van der Waals surface area contributed by atoms with Crippen LogP contribution in [0.3, 0.4) is 0 Å². The maximum absolute atomic E-state index is 13.8. The Bertz CT molecular complexity index is 903. The molecule has 0 atom stereocenters. The molecule has 0 radical (unpaired) electrons. The molecule has 3 rings (SSSR count). The summed E-state index contributed by atoms with van der Waals surface area (Å²) in [5.41, 5.74) is 0.871. The highest BCUT2D eigenvalue weighted by Gasteiger charge is 2.14. The number of rotatable bonds is 5. The number of ether oxygens (including phenoxy) is 1. The number of nitrogens with one attached hydrogen (secondary N) is 1. The average Bonchev–Trinajstić information content (AvgIpc) is 3.16. The third kappa shape index (κ3) is 3.56. The van der Waals surface area contributed by atoms with Gasteiger partial charge in [-0.15, -0.1) is 5.10 Å². The molecule has 2 heterocycles. The molecule has 128 valence electrons. The minimum absolute atomic E-state index is 0.0510. The molecule has 10 heteroatoms. The normalized spacial score (nSPS) is 10.5. The van der Waals surface area contributed by atoms with Crippen molar-refractivity contribution >= 4 is 17.5 Å². The Morgan fingerprint density at radius 3 is 2.96 bits per heavy atom. The third-order valence-electron chi connectivity index (χ3n) is 3.37. The predicted octanol–water partition coefficient (Wildman–Crippen LogP) is 1.79. The standard InChI is InChI=1S/C15H12ClFN6O2/c1-25-13-3-2-9(6-12(13)23-8-20-21-22-23)15(24)19-7-11-14(17)10(16)4-5-18-11/h2-6,8H,7H2,1H3,(H,19,24). The molecule has 1 amide bonds. The minimum Gasteiger partial charge on any atom is -0.494 e. The lowest BCUT2D eigenvalue weighted by Crippen LogP contribution is -2.24. The van der Waals surface area contributed by atoms with Gasteiger partial charge in [-0.25, -0.2) is 4.39 Å². The fraction of sp³-hybridized carbons (Fsp3) is 0.133. The Labute approximate surface area is 146 Å². The largest absolute Gasteiger partial charge is 0.494 e. The molecule has 25 heavy (non-hydrogen) atoms. The molecule has 0 aliphatic rings. The minimum atomic E-state index is -0.659. The van der Waals surface area contributed by atoms with Crippen molar-refractivity contribution in [1.82, 2.24) is 30.5 Å². The molecule has 3 aromatic rings. The van der Waals surface area contributed by atoms with E-state index in [0.29, 0.717) is 17.0 Å². The van der Waals surface area contributed by atoms with E-state index in [2.05, 4.69) is 25.8 Å². The fourth-order valence-electron chi connectivity index (χ4n) is 2.13. The third-order valence-corrected chi connectivity index (χ3v) is 3.66. The number of carbonyl (C=O) groups is 1. The Hall–Kier alpha value is -3.07. The van der Waals surface area contributed by atoms with E-state index in [-0.39, 0.29) is 17.3 Å². The van der Waals surface area contributed by atoms with Gasteiger partial charge in [-0.1, -0.05) is 11.6 Å². The first-order chi connectivity index (χ1) is 12.1. The van der Waals surface area contributed by atoms with Crippen LogP contribution in [-0.2, 0) is 6.54 Å². The summed E-state index contributed by atoms with van der Waals surface area (Å²) in [5.74, 6) is -0.585. The smallest absolute Gasteiger partial charge is 0.251 e. The van der Waals surface area contributed by atoms with Gasteiger partial charge in [-0.2, -0.15) is 4.68 Å². The van der Waals surface area contributed by atoms with Gasteiger partial charge in [0.15, 0.2) is 5.82 Å². The van der Waals surface area contributed by atoms with Gasteiger partial charge in [0.25, 0.3) is 5.91 Å². The van der Waals surface area contributed by atoms with Gasteiger partial charge < -0.3 is 10.1 Å². The van der Waals surface area contributed by atoms with Crippen molar-refractivity contribution in [2.75, 3.05) is 7.11 Å². The summed E-state index contributed by atoms with van der Waals surface area (Å²) in [4.78, 5) is 16.2. The summed E-state index contributed by atoms with van der Waals surface area (Å²) in [6.07, 6.45) is 2.75. The van der Waals surface area contributed by atoms with E-state index >= 15 is 0 Å². The first-order valence-electron chi connectivity index (χ1n) is 7.08. The maximum Gasteiger partial charge on any atom is 0.251 e. The van der Waals surface area contributed by atoms with Gasteiger partial charge in [0.2, 0.25) is 0 Å². The van der Waals surface area contributed by atoms with Crippen molar-refractivity contribution in [3.63, 3.8) is 0 Å².